The predicted molar refractivity (Wildman–Crippen MR) is 224 cm³/mol. The number of rotatable bonds is 12. The summed E-state index contributed by atoms with van der Waals surface area (Å²) in [4.78, 5) is 79.5. The molecule has 0 unspecified atom stereocenters. The first kappa shape index (κ1) is 46.9. The van der Waals surface area contributed by atoms with Gasteiger partial charge in [0, 0.05) is 22.5 Å². The van der Waals surface area contributed by atoms with Crippen LogP contribution in [0, 0.1) is 11.6 Å². The summed E-state index contributed by atoms with van der Waals surface area (Å²) in [5.41, 5.74) is -0.576. The van der Waals surface area contributed by atoms with Crippen molar-refractivity contribution in [2.75, 3.05) is 51.1 Å². The maximum Gasteiger partial charge on any atom is 0.471 e. The normalized spacial score (nSPS) is 15.8. The molecule has 340 valence electrons. The maximum atomic E-state index is 14.4. The SMILES string of the molecule is CC(C)(C)Nc1ncc(F)c(Nc2ccc3c(c2)N(COP(=O)(O)O)C(=O)C2(CCC2)O3)n1.CC(C)(C)Nc1ncc(F)c(Nc2ccc3c(c2)N(COP(=O)(O)O)C(=O)CO3)n1. The minimum Gasteiger partial charge on any atom is -0.482 e. The van der Waals surface area contributed by atoms with Crippen LogP contribution in [0.15, 0.2) is 48.8 Å². The summed E-state index contributed by atoms with van der Waals surface area (Å²) in [5.74, 6) is -1.47. The van der Waals surface area contributed by atoms with Crippen molar-refractivity contribution in [1.82, 2.24) is 19.9 Å². The number of halogens is 2. The monoisotopic (exact) mass is 922 g/mol. The first-order valence-electron chi connectivity index (χ1n) is 19.0. The molecule has 1 fully saturated rings. The molecule has 0 radical (unpaired) electrons. The number of carbonyl (C=O) groups excluding carboxylic acids is 2. The van der Waals surface area contributed by atoms with Gasteiger partial charge >= 0.3 is 15.6 Å². The Bertz CT molecular complexity index is 2480. The minimum atomic E-state index is -4.82. The predicted octanol–water partition coefficient (Wildman–Crippen LogP) is 5.65. The van der Waals surface area contributed by atoms with Gasteiger partial charge in [-0.1, -0.05) is 0 Å². The zero-order chi connectivity index (χ0) is 46.1. The molecule has 2 amide bonds. The van der Waals surface area contributed by atoms with Crippen LogP contribution in [-0.4, -0.2) is 88.1 Å². The van der Waals surface area contributed by atoms with Gasteiger partial charge in [-0.05, 0) is 97.2 Å². The molecule has 3 aliphatic rings. The van der Waals surface area contributed by atoms with Crippen molar-refractivity contribution in [3.8, 4) is 11.5 Å². The molecule has 7 rings (SSSR count). The molecule has 0 bridgehead atoms. The Morgan fingerprint density at radius 2 is 1.21 bits per heavy atom. The summed E-state index contributed by atoms with van der Waals surface area (Å²) in [6, 6.07) is 9.29. The van der Waals surface area contributed by atoms with E-state index in [-0.39, 0.29) is 52.6 Å². The summed E-state index contributed by atoms with van der Waals surface area (Å²) in [5, 5.41) is 11.7. The quantitative estimate of drug-likeness (QED) is 0.0797. The number of phosphoric acid groups is 2. The minimum absolute atomic E-state index is 0.0896. The first-order valence-corrected chi connectivity index (χ1v) is 22.1. The van der Waals surface area contributed by atoms with E-state index in [0.717, 1.165) is 28.6 Å². The fraction of sp³-hybridized carbons (Fsp3) is 0.405. The largest absolute Gasteiger partial charge is 0.482 e. The van der Waals surface area contributed by atoms with Crippen LogP contribution < -0.4 is 40.5 Å². The number of nitrogens with zero attached hydrogens (tertiary/aromatic N) is 6. The molecule has 2 aromatic heterocycles. The number of hydrogen-bond donors (Lipinski definition) is 8. The molecule has 0 saturated heterocycles. The zero-order valence-electron chi connectivity index (χ0n) is 34.7. The number of nitrogens with one attached hydrogen (secondary N) is 4. The molecule has 4 heterocycles. The topological polar surface area (TPSA) is 292 Å². The van der Waals surface area contributed by atoms with Crippen LogP contribution in [0.2, 0.25) is 0 Å². The Kier molecular flexibility index (Phi) is 13.3. The van der Waals surface area contributed by atoms with E-state index in [1.807, 2.05) is 41.5 Å². The highest BCUT2D eigenvalue weighted by Gasteiger charge is 2.53. The van der Waals surface area contributed by atoms with E-state index in [0.29, 0.717) is 35.7 Å². The van der Waals surface area contributed by atoms with Crippen LogP contribution in [0.4, 0.5) is 55.1 Å². The van der Waals surface area contributed by atoms with E-state index in [1.54, 1.807) is 18.2 Å². The highest BCUT2D eigenvalue weighted by atomic mass is 31.2. The molecule has 2 aromatic carbocycles. The van der Waals surface area contributed by atoms with Crippen molar-refractivity contribution >= 4 is 73.7 Å². The fourth-order valence-electron chi connectivity index (χ4n) is 6.11. The maximum absolute atomic E-state index is 14.4. The Morgan fingerprint density at radius 3 is 1.65 bits per heavy atom. The lowest BCUT2D eigenvalue weighted by atomic mass is 9.78. The number of aromatic nitrogens is 4. The molecule has 22 nitrogen and oxygen atoms in total. The molecule has 4 aromatic rings. The van der Waals surface area contributed by atoms with Crippen LogP contribution in [0.3, 0.4) is 0 Å². The number of ether oxygens (including phenoxy) is 2. The Hall–Kier alpha value is -5.58. The summed E-state index contributed by atoms with van der Waals surface area (Å²) >= 11 is 0. The number of hydrogen-bond acceptors (Lipinski definition) is 16. The number of amides is 2. The van der Waals surface area contributed by atoms with Crippen LogP contribution >= 0.6 is 15.6 Å². The summed E-state index contributed by atoms with van der Waals surface area (Å²) < 4.78 is 71.1. The molecule has 63 heavy (non-hydrogen) atoms. The Balaban J connectivity index is 0.000000211. The Morgan fingerprint density at radius 1 is 0.746 bits per heavy atom. The second-order valence-corrected chi connectivity index (χ2v) is 18.9. The lowest BCUT2D eigenvalue weighted by Gasteiger charge is -2.47. The molecule has 0 atom stereocenters. The van der Waals surface area contributed by atoms with E-state index in [9.17, 15) is 27.5 Å². The molecule has 1 saturated carbocycles. The standard InChI is InChI=1S/C20H25FN5O6P.C17H21FN5O6P/c1-19(2,3)25-18-22-10-13(21)16(24-18)23-12-5-6-15-14(9-12)26(11-31-33(28,29)30)17(27)20(32-15)7-4-8-20;1-17(2,3)22-16-19-7-11(18)15(21-16)20-10-4-5-13-12(6-10)23(14(24)8-28-13)9-29-30(25,26)27/h5-6,9-10H,4,7-8,11H2,1-3H3,(H2,28,29,30)(H2,22,23,24,25);4-7H,8-9H2,1-3H3,(H2,25,26,27)(H2,19,20,21,22). The molecule has 2 aliphatic heterocycles. The molecular weight excluding hydrogens is 876 g/mol. The summed E-state index contributed by atoms with van der Waals surface area (Å²) in [7, 11) is -9.61. The molecule has 8 N–H and O–H groups in total. The summed E-state index contributed by atoms with van der Waals surface area (Å²) in [6.07, 6.45) is 3.84. The van der Waals surface area contributed by atoms with Gasteiger partial charge in [0.05, 0.1) is 23.8 Å². The van der Waals surface area contributed by atoms with E-state index < -0.39 is 58.2 Å². The van der Waals surface area contributed by atoms with Crippen LogP contribution in [-0.2, 0) is 27.8 Å². The van der Waals surface area contributed by atoms with Gasteiger partial charge in [-0.3, -0.25) is 28.4 Å². The van der Waals surface area contributed by atoms with Crippen LogP contribution in [0.1, 0.15) is 60.8 Å². The number of carbonyl (C=O) groups is 2. The van der Waals surface area contributed by atoms with Gasteiger partial charge < -0.3 is 50.3 Å². The van der Waals surface area contributed by atoms with Gasteiger partial charge in [0.15, 0.2) is 35.5 Å². The van der Waals surface area contributed by atoms with Gasteiger partial charge in [-0.25, -0.2) is 27.9 Å². The first-order chi connectivity index (χ1) is 29.3. The van der Waals surface area contributed by atoms with Crippen molar-refractivity contribution in [3.05, 3.63) is 60.4 Å². The number of anilines is 8. The van der Waals surface area contributed by atoms with Crippen molar-refractivity contribution in [1.29, 1.82) is 0 Å². The highest BCUT2D eigenvalue weighted by Crippen LogP contribution is 2.48. The Labute approximate surface area is 359 Å². The van der Waals surface area contributed by atoms with Gasteiger partial charge in [0.1, 0.15) is 25.0 Å². The average molecular weight is 923 g/mol. The number of benzene rings is 2. The van der Waals surface area contributed by atoms with Crippen molar-refractivity contribution in [2.45, 2.75) is 77.5 Å². The van der Waals surface area contributed by atoms with E-state index in [4.69, 9.17) is 29.0 Å². The van der Waals surface area contributed by atoms with Gasteiger partial charge in [0.2, 0.25) is 11.9 Å². The van der Waals surface area contributed by atoms with Crippen LogP contribution in [0.5, 0.6) is 11.5 Å². The smallest absolute Gasteiger partial charge is 0.471 e. The average Bonchev–Trinajstić information content (AvgIpc) is 3.14. The molecule has 1 aliphatic carbocycles. The second-order valence-electron chi connectivity index (χ2n) is 16.4. The van der Waals surface area contributed by atoms with Gasteiger partial charge in [-0.2, -0.15) is 9.97 Å². The number of fused-ring (bicyclic) bond motifs is 2. The third-order valence-corrected chi connectivity index (χ3v) is 9.85. The lowest BCUT2D eigenvalue weighted by Crippen LogP contribution is -2.60. The van der Waals surface area contributed by atoms with E-state index >= 15 is 0 Å². The van der Waals surface area contributed by atoms with E-state index in [2.05, 4.69) is 50.3 Å². The third-order valence-electron chi connectivity index (χ3n) is 8.95. The second kappa shape index (κ2) is 17.9. The zero-order valence-corrected chi connectivity index (χ0v) is 36.5. The fourth-order valence-corrected chi connectivity index (χ4v) is 6.64. The molecule has 1 spiro atoms. The van der Waals surface area contributed by atoms with Crippen molar-refractivity contribution in [3.63, 3.8) is 0 Å². The highest BCUT2D eigenvalue weighted by molar-refractivity contribution is 7.46. The third kappa shape index (κ3) is 12.3. The lowest BCUT2D eigenvalue weighted by molar-refractivity contribution is -0.144. The van der Waals surface area contributed by atoms with E-state index in [1.165, 1.54) is 18.2 Å². The molecule has 26 heteroatoms. The summed E-state index contributed by atoms with van der Waals surface area (Å²) in [6.45, 7) is 9.80. The number of phosphoric ester groups is 2. The molecular formula is C37H46F2N10O12P2. The van der Waals surface area contributed by atoms with Gasteiger partial charge in [0.25, 0.3) is 11.8 Å². The van der Waals surface area contributed by atoms with Crippen LogP contribution in [0.25, 0.3) is 0 Å². The van der Waals surface area contributed by atoms with Crippen molar-refractivity contribution in [2.24, 2.45) is 0 Å². The van der Waals surface area contributed by atoms with Gasteiger partial charge in [-0.15, -0.1) is 0 Å². The van der Waals surface area contributed by atoms with Crippen molar-refractivity contribution < 1.29 is 65.6 Å².